The van der Waals surface area contributed by atoms with Gasteiger partial charge >= 0.3 is 12.2 Å². The van der Waals surface area contributed by atoms with Crippen LogP contribution in [0.3, 0.4) is 0 Å². The SMILES string of the molecule is COCC(O)COc1cc(-c2cc(NC(=O)N3CCC(CC(F)(F)F)C3)ccc2C)cc(N2CCOCC2)n1. The van der Waals surface area contributed by atoms with Gasteiger partial charge in [-0.05, 0) is 54.2 Å². The zero-order valence-electron chi connectivity index (χ0n) is 22.2. The average Bonchev–Trinajstić information content (AvgIpc) is 3.36. The summed E-state index contributed by atoms with van der Waals surface area (Å²) in [6.45, 7) is 4.94. The number of benzene rings is 1. The zero-order chi connectivity index (χ0) is 28.0. The van der Waals surface area contributed by atoms with Crippen LogP contribution in [0.4, 0.5) is 29.5 Å². The maximum absolute atomic E-state index is 12.8. The van der Waals surface area contributed by atoms with Gasteiger partial charge in [0.15, 0.2) is 0 Å². The summed E-state index contributed by atoms with van der Waals surface area (Å²) in [6.07, 6.45) is -5.60. The number of halogens is 3. The van der Waals surface area contributed by atoms with Crippen molar-refractivity contribution in [2.45, 2.75) is 32.0 Å². The fourth-order valence-electron chi connectivity index (χ4n) is 4.82. The monoisotopic (exact) mass is 552 g/mol. The number of urea groups is 1. The molecule has 2 amide bonds. The molecular weight excluding hydrogens is 517 g/mol. The summed E-state index contributed by atoms with van der Waals surface area (Å²) in [5, 5.41) is 12.9. The number of methoxy groups -OCH3 is 1. The molecule has 4 rings (SSSR count). The average molecular weight is 553 g/mol. The van der Waals surface area contributed by atoms with Crippen molar-refractivity contribution < 1.29 is 37.3 Å². The molecule has 2 N–H and O–H groups in total. The van der Waals surface area contributed by atoms with Crippen LogP contribution in [0.1, 0.15) is 18.4 Å². The van der Waals surface area contributed by atoms with E-state index in [4.69, 9.17) is 14.2 Å². The van der Waals surface area contributed by atoms with Gasteiger partial charge in [0.05, 0.1) is 19.8 Å². The molecule has 2 aromatic rings. The lowest BCUT2D eigenvalue weighted by atomic mass is 10.0. The minimum atomic E-state index is -4.24. The molecule has 2 saturated heterocycles. The number of carbonyl (C=O) groups is 1. The highest BCUT2D eigenvalue weighted by Gasteiger charge is 2.36. The molecule has 2 fully saturated rings. The minimum absolute atomic E-state index is 0.00703. The van der Waals surface area contributed by atoms with E-state index in [1.54, 1.807) is 12.1 Å². The Bertz CT molecular complexity index is 1130. The quantitative estimate of drug-likeness (QED) is 0.484. The molecule has 39 heavy (non-hydrogen) atoms. The maximum Gasteiger partial charge on any atom is 0.389 e. The second-order valence-corrected chi connectivity index (χ2v) is 9.95. The molecule has 0 spiro atoms. The Morgan fingerprint density at radius 3 is 2.69 bits per heavy atom. The second-order valence-electron chi connectivity index (χ2n) is 9.95. The summed E-state index contributed by atoms with van der Waals surface area (Å²) < 4.78 is 54.5. The van der Waals surface area contributed by atoms with Gasteiger partial charge in [0.2, 0.25) is 5.88 Å². The van der Waals surface area contributed by atoms with Gasteiger partial charge < -0.3 is 34.4 Å². The number of anilines is 2. The van der Waals surface area contributed by atoms with Gasteiger partial charge in [-0.3, -0.25) is 0 Å². The van der Waals surface area contributed by atoms with E-state index < -0.39 is 30.7 Å². The Labute approximate surface area is 225 Å². The van der Waals surface area contributed by atoms with Gasteiger partial charge in [-0.25, -0.2) is 4.79 Å². The molecule has 3 heterocycles. The predicted molar refractivity (Wildman–Crippen MR) is 140 cm³/mol. The van der Waals surface area contributed by atoms with Crippen LogP contribution in [0.5, 0.6) is 5.88 Å². The number of aliphatic hydroxyl groups is 1. The largest absolute Gasteiger partial charge is 0.475 e. The van der Waals surface area contributed by atoms with E-state index in [1.165, 1.54) is 12.0 Å². The highest BCUT2D eigenvalue weighted by atomic mass is 19.4. The number of alkyl halides is 3. The predicted octanol–water partition coefficient (Wildman–Crippen LogP) is 4.09. The van der Waals surface area contributed by atoms with Gasteiger partial charge in [0, 0.05) is 51.5 Å². The normalized spacial score (nSPS) is 18.8. The number of rotatable bonds is 9. The molecule has 1 aromatic carbocycles. The summed E-state index contributed by atoms with van der Waals surface area (Å²) in [4.78, 5) is 21.0. The van der Waals surface area contributed by atoms with E-state index in [9.17, 15) is 23.1 Å². The van der Waals surface area contributed by atoms with Crippen LogP contribution in [-0.2, 0) is 9.47 Å². The highest BCUT2D eigenvalue weighted by Crippen LogP contribution is 2.33. The number of aromatic nitrogens is 1. The lowest BCUT2D eigenvalue weighted by molar-refractivity contribution is -0.143. The molecule has 0 radical (unpaired) electrons. The van der Waals surface area contributed by atoms with Gasteiger partial charge in [0.25, 0.3) is 0 Å². The van der Waals surface area contributed by atoms with E-state index in [0.29, 0.717) is 50.1 Å². The molecule has 214 valence electrons. The number of likely N-dealkylation sites (tertiary alicyclic amines) is 1. The Balaban J connectivity index is 1.54. The van der Waals surface area contributed by atoms with Crippen molar-refractivity contribution in [2.75, 3.05) is 69.9 Å². The number of nitrogens with zero attached hydrogens (tertiary/aromatic N) is 3. The van der Waals surface area contributed by atoms with Gasteiger partial charge in [-0.15, -0.1) is 0 Å². The van der Waals surface area contributed by atoms with Crippen LogP contribution in [0.15, 0.2) is 30.3 Å². The van der Waals surface area contributed by atoms with Crippen molar-refractivity contribution in [3.8, 4) is 17.0 Å². The number of pyridine rings is 1. The first-order valence-electron chi connectivity index (χ1n) is 13.0. The molecule has 2 atom stereocenters. The van der Waals surface area contributed by atoms with Crippen molar-refractivity contribution in [3.63, 3.8) is 0 Å². The summed E-state index contributed by atoms with van der Waals surface area (Å²) in [5.74, 6) is 0.458. The topological polar surface area (TPSA) is 96.4 Å². The highest BCUT2D eigenvalue weighted by molar-refractivity contribution is 5.90. The van der Waals surface area contributed by atoms with Crippen molar-refractivity contribution in [1.29, 1.82) is 0 Å². The lowest BCUT2D eigenvalue weighted by Gasteiger charge is -2.28. The Morgan fingerprint density at radius 2 is 1.97 bits per heavy atom. The standard InChI is InChI=1S/C27H35F3N4O5/c1-18-3-4-21(31-26(36)34-6-5-19(15-34)14-27(28,29)30)13-23(18)20-11-24(33-7-9-38-10-8-33)32-25(12-20)39-17-22(35)16-37-2/h3-4,11-13,19,22,35H,5-10,14-17H2,1-2H3,(H,31,36). The summed E-state index contributed by atoms with van der Waals surface area (Å²) in [5.41, 5.74) is 3.12. The number of carbonyl (C=O) groups excluding carboxylic acids is 1. The molecule has 1 aromatic heterocycles. The molecule has 9 nitrogen and oxygen atoms in total. The van der Waals surface area contributed by atoms with E-state index in [1.807, 2.05) is 25.1 Å². The summed E-state index contributed by atoms with van der Waals surface area (Å²) in [7, 11) is 1.50. The van der Waals surface area contributed by atoms with E-state index >= 15 is 0 Å². The van der Waals surface area contributed by atoms with Crippen LogP contribution in [0.25, 0.3) is 11.1 Å². The Hall–Kier alpha value is -3.09. The van der Waals surface area contributed by atoms with E-state index in [0.717, 1.165) is 16.7 Å². The van der Waals surface area contributed by atoms with Crippen molar-refractivity contribution in [3.05, 3.63) is 35.9 Å². The molecule has 0 aliphatic carbocycles. The number of hydrogen-bond donors (Lipinski definition) is 2. The summed E-state index contributed by atoms with van der Waals surface area (Å²) in [6, 6.07) is 8.77. The molecular formula is C27H35F3N4O5. The number of aliphatic hydroxyl groups excluding tert-OH is 1. The third-order valence-electron chi connectivity index (χ3n) is 6.80. The Morgan fingerprint density at radius 1 is 1.21 bits per heavy atom. The fourth-order valence-corrected chi connectivity index (χ4v) is 4.82. The van der Waals surface area contributed by atoms with Crippen molar-refractivity contribution in [2.24, 2.45) is 5.92 Å². The van der Waals surface area contributed by atoms with Gasteiger partial charge in [-0.1, -0.05) is 6.07 Å². The molecule has 0 bridgehead atoms. The van der Waals surface area contributed by atoms with Gasteiger partial charge in [0.1, 0.15) is 18.5 Å². The summed E-state index contributed by atoms with van der Waals surface area (Å²) >= 11 is 0. The second kappa shape index (κ2) is 12.8. The number of ether oxygens (including phenoxy) is 3. The first kappa shape index (κ1) is 28.9. The van der Waals surface area contributed by atoms with Crippen LogP contribution >= 0.6 is 0 Å². The van der Waals surface area contributed by atoms with Crippen molar-refractivity contribution in [1.82, 2.24) is 9.88 Å². The van der Waals surface area contributed by atoms with E-state index in [-0.39, 0.29) is 26.3 Å². The number of amides is 2. The van der Waals surface area contributed by atoms with Crippen LogP contribution < -0.4 is 15.0 Å². The lowest BCUT2D eigenvalue weighted by Crippen LogP contribution is -2.36. The van der Waals surface area contributed by atoms with Crippen LogP contribution in [-0.4, -0.2) is 93.0 Å². The Kier molecular flexibility index (Phi) is 9.52. The first-order chi connectivity index (χ1) is 18.6. The van der Waals surface area contributed by atoms with E-state index in [2.05, 4.69) is 15.2 Å². The third-order valence-corrected chi connectivity index (χ3v) is 6.80. The molecule has 12 heteroatoms. The van der Waals surface area contributed by atoms with Crippen molar-refractivity contribution >= 4 is 17.5 Å². The molecule has 2 unspecified atom stereocenters. The number of nitrogens with one attached hydrogen (secondary N) is 1. The van der Waals surface area contributed by atoms with Gasteiger partial charge in [-0.2, -0.15) is 18.2 Å². The number of hydrogen-bond acceptors (Lipinski definition) is 7. The maximum atomic E-state index is 12.8. The third kappa shape index (κ3) is 8.20. The zero-order valence-corrected chi connectivity index (χ0v) is 22.2. The smallest absolute Gasteiger partial charge is 0.389 e. The minimum Gasteiger partial charge on any atom is -0.475 e. The molecule has 2 aliphatic rings. The number of aryl methyl sites for hydroxylation is 1. The fraction of sp³-hybridized carbons (Fsp3) is 0.556. The van der Waals surface area contributed by atoms with Crippen LogP contribution in [0.2, 0.25) is 0 Å². The van der Waals surface area contributed by atoms with Crippen LogP contribution in [0, 0.1) is 12.8 Å². The first-order valence-corrected chi connectivity index (χ1v) is 13.0. The molecule has 0 saturated carbocycles. The molecule has 2 aliphatic heterocycles. The number of morpholine rings is 1.